The van der Waals surface area contributed by atoms with Gasteiger partial charge < -0.3 is 9.52 Å². The summed E-state index contributed by atoms with van der Waals surface area (Å²) in [4.78, 5) is 15.7. The quantitative estimate of drug-likeness (QED) is 0.702. The summed E-state index contributed by atoms with van der Waals surface area (Å²) in [7, 11) is 0. The third-order valence-electron chi connectivity index (χ3n) is 3.06. The highest BCUT2D eigenvalue weighted by Gasteiger charge is 2.17. The van der Waals surface area contributed by atoms with Crippen LogP contribution in [-0.2, 0) is 0 Å². The molecule has 0 unspecified atom stereocenters. The van der Waals surface area contributed by atoms with Crippen LogP contribution in [0.5, 0.6) is 5.88 Å². The van der Waals surface area contributed by atoms with Gasteiger partial charge in [-0.3, -0.25) is 0 Å². The van der Waals surface area contributed by atoms with Gasteiger partial charge in [0, 0.05) is 11.1 Å². The SMILES string of the molecule is O=c1oc(C#Cc2ccccc2)nc(O)c1-c1ccccc1F. The maximum Gasteiger partial charge on any atom is 0.351 e. The molecule has 0 aliphatic heterocycles. The van der Waals surface area contributed by atoms with E-state index in [0.29, 0.717) is 5.56 Å². The molecule has 23 heavy (non-hydrogen) atoms. The van der Waals surface area contributed by atoms with Crippen molar-refractivity contribution in [2.24, 2.45) is 0 Å². The van der Waals surface area contributed by atoms with E-state index in [1.807, 2.05) is 18.2 Å². The molecule has 0 atom stereocenters. The predicted octanol–water partition coefficient (Wildman–Crippen LogP) is 2.95. The molecule has 1 N–H and O–H groups in total. The highest BCUT2D eigenvalue weighted by atomic mass is 19.1. The zero-order valence-electron chi connectivity index (χ0n) is 11.8. The molecule has 0 saturated carbocycles. The van der Waals surface area contributed by atoms with Crippen LogP contribution in [0.1, 0.15) is 11.5 Å². The first kappa shape index (κ1) is 14.5. The molecule has 0 aliphatic rings. The van der Waals surface area contributed by atoms with Gasteiger partial charge in [-0.2, -0.15) is 4.98 Å². The molecule has 0 saturated heterocycles. The number of hydrogen-bond acceptors (Lipinski definition) is 4. The summed E-state index contributed by atoms with van der Waals surface area (Å²) in [6.07, 6.45) is 0. The van der Waals surface area contributed by atoms with E-state index in [2.05, 4.69) is 16.8 Å². The van der Waals surface area contributed by atoms with E-state index in [1.165, 1.54) is 18.2 Å². The molecule has 0 aliphatic carbocycles. The van der Waals surface area contributed by atoms with Gasteiger partial charge in [-0.1, -0.05) is 42.3 Å². The summed E-state index contributed by atoms with van der Waals surface area (Å²) >= 11 is 0. The van der Waals surface area contributed by atoms with Crippen LogP contribution >= 0.6 is 0 Å². The first-order chi connectivity index (χ1) is 11.1. The molecule has 112 valence electrons. The molecule has 0 bridgehead atoms. The molecule has 0 amide bonds. The summed E-state index contributed by atoms with van der Waals surface area (Å²) < 4.78 is 18.7. The molecule has 3 rings (SSSR count). The Kier molecular flexibility index (Phi) is 3.89. The fourth-order valence-corrected chi connectivity index (χ4v) is 2.00. The maximum absolute atomic E-state index is 13.8. The van der Waals surface area contributed by atoms with E-state index < -0.39 is 17.3 Å². The Balaban J connectivity index is 2.04. The van der Waals surface area contributed by atoms with E-state index in [1.54, 1.807) is 18.2 Å². The summed E-state index contributed by atoms with van der Waals surface area (Å²) in [5, 5.41) is 9.94. The van der Waals surface area contributed by atoms with Crippen LogP contribution in [0.25, 0.3) is 11.1 Å². The van der Waals surface area contributed by atoms with Crippen LogP contribution < -0.4 is 5.63 Å². The van der Waals surface area contributed by atoms with E-state index in [4.69, 9.17) is 4.42 Å². The van der Waals surface area contributed by atoms with Gasteiger partial charge in [-0.15, -0.1) is 0 Å². The van der Waals surface area contributed by atoms with E-state index in [-0.39, 0.29) is 17.0 Å². The molecule has 1 aromatic heterocycles. The van der Waals surface area contributed by atoms with Crippen molar-refractivity contribution in [1.82, 2.24) is 4.98 Å². The standard InChI is InChI=1S/C18H10FNO3/c19-14-9-5-4-8-13(14)16-17(21)20-15(23-18(16)22)11-10-12-6-2-1-3-7-12/h1-9,21H. The van der Waals surface area contributed by atoms with Crippen molar-refractivity contribution in [3.8, 4) is 28.8 Å². The van der Waals surface area contributed by atoms with Gasteiger partial charge in [0.05, 0.1) is 0 Å². The number of aromatic hydroxyl groups is 1. The van der Waals surface area contributed by atoms with Gasteiger partial charge in [0.15, 0.2) is 0 Å². The molecule has 5 heteroatoms. The second-order valence-electron chi connectivity index (χ2n) is 4.60. The fourth-order valence-electron chi connectivity index (χ4n) is 2.00. The molecule has 2 aromatic carbocycles. The average molecular weight is 307 g/mol. The molecule has 3 aromatic rings. The zero-order chi connectivity index (χ0) is 16.2. The predicted molar refractivity (Wildman–Crippen MR) is 82.3 cm³/mol. The Morgan fingerprint density at radius 1 is 1.00 bits per heavy atom. The minimum absolute atomic E-state index is 0.0752. The largest absolute Gasteiger partial charge is 0.493 e. The van der Waals surface area contributed by atoms with Crippen molar-refractivity contribution in [1.29, 1.82) is 0 Å². The average Bonchev–Trinajstić information content (AvgIpc) is 2.55. The van der Waals surface area contributed by atoms with Crippen molar-refractivity contribution in [2.45, 2.75) is 0 Å². The lowest BCUT2D eigenvalue weighted by Crippen LogP contribution is -2.07. The molecular weight excluding hydrogens is 297 g/mol. The van der Waals surface area contributed by atoms with E-state index in [9.17, 15) is 14.3 Å². The molecule has 1 heterocycles. The van der Waals surface area contributed by atoms with Crippen LogP contribution in [0.15, 0.2) is 63.8 Å². The van der Waals surface area contributed by atoms with Crippen molar-refractivity contribution < 1.29 is 13.9 Å². The van der Waals surface area contributed by atoms with E-state index in [0.717, 1.165) is 0 Å². The number of hydrogen-bond donors (Lipinski definition) is 1. The van der Waals surface area contributed by atoms with Gasteiger partial charge >= 0.3 is 5.63 Å². The molecule has 0 radical (unpaired) electrons. The molecule has 4 nitrogen and oxygen atoms in total. The van der Waals surface area contributed by atoms with Gasteiger partial charge in [0.2, 0.25) is 5.88 Å². The number of halogens is 1. The summed E-state index contributed by atoms with van der Waals surface area (Å²) in [6, 6.07) is 14.6. The second-order valence-corrected chi connectivity index (χ2v) is 4.60. The molecule has 0 fully saturated rings. The number of rotatable bonds is 1. The van der Waals surface area contributed by atoms with Crippen LogP contribution in [0, 0.1) is 17.7 Å². The maximum atomic E-state index is 13.8. The Hall–Kier alpha value is -3.39. The molecular formula is C18H10FNO3. The topological polar surface area (TPSA) is 63.3 Å². The van der Waals surface area contributed by atoms with Gasteiger partial charge in [-0.05, 0) is 24.1 Å². The third kappa shape index (κ3) is 3.11. The zero-order valence-corrected chi connectivity index (χ0v) is 11.8. The van der Waals surface area contributed by atoms with Crippen LogP contribution in [0.3, 0.4) is 0 Å². The van der Waals surface area contributed by atoms with Crippen LogP contribution in [0.4, 0.5) is 4.39 Å². The first-order valence-electron chi connectivity index (χ1n) is 6.71. The normalized spacial score (nSPS) is 9.96. The van der Waals surface area contributed by atoms with Crippen LogP contribution in [-0.4, -0.2) is 10.1 Å². The summed E-state index contributed by atoms with van der Waals surface area (Å²) in [5.41, 5.74) is -0.600. The minimum Gasteiger partial charge on any atom is -0.493 e. The fraction of sp³-hybridized carbons (Fsp3) is 0. The highest BCUT2D eigenvalue weighted by Crippen LogP contribution is 2.26. The molecule has 0 spiro atoms. The first-order valence-corrected chi connectivity index (χ1v) is 6.71. The number of benzene rings is 2. The Morgan fingerprint density at radius 3 is 2.39 bits per heavy atom. The number of aromatic nitrogens is 1. The Labute approximate surface area is 130 Å². The highest BCUT2D eigenvalue weighted by molar-refractivity contribution is 5.67. The summed E-state index contributed by atoms with van der Waals surface area (Å²) in [6.45, 7) is 0. The second kappa shape index (κ2) is 6.16. The third-order valence-corrected chi connectivity index (χ3v) is 3.06. The number of nitrogens with zero attached hydrogens (tertiary/aromatic N) is 1. The van der Waals surface area contributed by atoms with Crippen molar-refractivity contribution >= 4 is 0 Å². The van der Waals surface area contributed by atoms with Crippen molar-refractivity contribution in [3.05, 3.63) is 82.3 Å². The van der Waals surface area contributed by atoms with Crippen molar-refractivity contribution in [3.63, 3.8) is 0 Å². The van der Waals surface area contributed by atoms with E-state index >= 15 is 0 Å². The smallest absolute Gasteiger partial charge is 0.351 e. The van der Waals surface area contributed by atoms with Crippen molar-refractivity contribution in [2.75, 3.05) is 0 Å². The van der Waals surface area contributed by atoms with Crippen LogP contribution in [0.2, 0.25) is 0 Å². The van der Waals surface area contributed by atoms with Gasteiger partial charge in [0.25, 0.3) is 5.89 Å². The van der Waals surface area contributed by atoms with Gasteiger partial charge in [-0.25, -0.2) is 9.18 Å². The minimum atomic E-state index is -0.903. The Bertz CT molecular complexity index is 969. The Morgan fingerprint density at radius 2 is 1.70 bits per heavy atom. The lowest BCUT2D eigenvalue weighted by atomic mass is 10.1. The monoisotopic (exact) mass is 307 g/mol. The lowest BCUT2D eigenvalue weighted by Gasteiger charge is -2.03. The summed E-state index contributed by atoms with van der Waals surface area (Å²) in [5.74, 6) is 3.80. The van der Waals surface area contributed by atoms with Gasteiger partial charge in [0.1, 0.15) is 11.4 Å². The lowest BCUT2D eigenvalue weighted by molar-refractivity contribution is 0.411.